The lowest BCUT2D eigenvalue weighted by molar-refractivity contribution is -0.118. The van der Waals surface area contributed by atoms with E-state index in [0.29, 0.717) is 22.9 Å². The van der Waals surface area contributed by atoms with Crippen molar-refractivity contribution < 1.29 is 19.1 Å². The summed E-state index contributed by atoms with van der Waals surface area (Å²) in [5, 5.41) is 5.41. The molecule has 2 aromatic rings. The molecular weight excluding hydrogens is 308 g/mol. The van der Waals surface area contributed by atoms with Crippen molar-refractivity contribution in [1.29, 1.82) is 0 Å². The molecular formula is C18H20N2O4. The van der Waals surface area contributed by atoms with Crippen molar-refractivity contribution in [3.63, 3.8) is 0 Å². The van der Waals surface area contributed by atoms with E-state index in [-0.39, 0.29) is 18.4 Å². The highest BCUT2D eigenvalue weighted by Gasteiger charge is 2.10. The zero-order valence-electron chi connectivity index (χ0n) is 13.9. The van der Waals surface area contributed by atoms with Crippen LogP contribution in [0.3, 0.4) is 0 Å². The maximum Gasteiger partial charge on any atom is 0.262 e. The van der Waals surface area contributed by atoms with E-state index in [1.807, 2.05) is 19.1 Å². The van der Waals surface area contributed by atoms with Gasteiger partial charge < -0.3 is 20.1 Å². The van der Waals surface area contributed by atoms with E-state index in [9.17, 15) is 9.59 Å². The van der Waals surface area contributed by atoms with Gasteiger partial charge in [-0.3, -0.25) is 9.59 Å². The van der Waals surface area contributed by atoms with E-state index in [0.717, 1.165) is 5.56 Å². The van der Waals surface area contributed by atoms with Gasteiger partial charge in [0.1, 0.15) is 11.5 Å². The summed E-state index contributed by atoms with van der Waals surface area (Å²) in [6.07, 6.45) is 0. The van der Waals surface area contributed by atoms with Crippen LogP contribution in [0.1, 0.15) is 12.5 Å². The maximum absolute atomic E-state index is 12.1. The topological polar surface area (TPSA) is 76.7 Å². The Labute approximate surface area is 140 Å². The van der Waals surface area contributed by atoms with Gasteiger partial charge in [-0.05, 0) is 36.8 Å². The van der Waals surface area contributed by atoms with E-state index in [1.54, 1.807) is 37.4 Å². The normalized spacial score (nSPS) is 9.96. The zero-order valence-corrected chi connectivity index (χ0v) is 13.9. The molecule has 0 radical (unpaired) electrons. The maximum atomic E-state index is 12.1. The molecule has 0 saturated heterocycles. The first-order chi connectivity index (χ1) is 11.5. The second-order valence-corrected chi connectivity index (χ2v) is 5.22. The minimum Gasteiger partial charge on any atom is -0.495 e. The first-order valence-corrected chi connectivity index (χ1v) is 7.43. The average Bonchev–Trinajstić information content (AvgIpc) is 2.54. The van der Waals surface area contributed by atoms with Crippen LogP contribution in [-0.2, 0) is 9.59 Å². The molecule has 2 amide bonds. The van der Waals surface area contributed by atoms with Gasteiger partial charge in [0.05, 0.1) is 18.5 Å². The van der Waals surface area contributed by atoms with Crippen molar-refractivity contribution in [2.45, 2.75) is 13.8 Å². The summed E-state index contributed by atoms with van der Waals surface area (Å²) in [6, 6.07) is 12.4. The largest absolute Gasteiger partial charge is 0.495 e. The molecule has 6 nitrogen and oxygen atoms in total. The Morgan fingerprint density at radius 2 is 1.75 bits per heavy atom. The van der Waals surface area contributed by atoms with Crippen molar-refractivity contribution in [3.8, 4) is 11.5 Å². The number of para-hydroxylation sites is 2. The number of ether oxygens (including phenoxy) is 2. The highest BCUT2D eigenvalue weighted by Crippen LogP contribution is 2.26. The average molecular weight is 328 g/mol. The molecule has 0 aliphatic heterocycles. The predicted molar refractivity (Wildman–Crippen MR) is 92.6 cm³/mol. The highest BCUT2D eigenvalue weighted by molar-refractivity contribution is 5.94. The van der Waals surface area contributed by atoms with Gasteiger partial charge in [0.25, 0.3) is 5.91 Å². The number of carbonyl (C=O) groups excluding carboxylic acids is 2. The van der Waals surface area contributed by atoms with Crippen molar-refractivity contribution in [3.05, 3.63) is 48.0 Å². The Hall–Kier alpha value is -3.02. The number of anilines is 2. The third kappa shape index (κ3) is 4.74. The molecule has 126 valence electrons. The predicted octanol–water partition coefficient (Wildman–Crippen LogP) is 2.98. The lowest BCUT2D eigenvalue weighted by Gasteiger charge is -2.13. The monoisotopic (exact) mass is 328 g/mol. The van der Waals surface area contributed by atoms with Gasteiger partial charge >= 0.3 is 0 Å². The molecule has 0 bridgehead atoms. The molecule has 6 heteroatoms. The molecule has 2 aromatic carbocycles. The van der Waals surface area contributed by atoms with Crippen molar-refractivity contribution in [2.24, 2.45) is 0 Å². The minimum atomic E-state index is -0.323. The summed E-state index contributed by atoms with van der Waals surface area (Å²) in [5.41, 5.74) is 2.11. The number of hydrogen-bond acceptors (Lipinski definition) is 4. The fourth-order valence-corrected chi connectivity index (χ4v) is 2.13. The van der Waals surface area contributed by atoms with Gasteiger partial charge in [0, 0.05) is 6.92 Å². The minimum absolute atomic E-state index is 0.187. The van der Waals surface area contributed by atoms with Crippen LogP contribution < -0.4 is 20.1 Å². The number of rotatable bonds is 6. The van der Waals surface area contributed by atoms with E-state index in [4.69, 9.17) is 9.47 Å². The van der Waals surface area contributed by atoms with E-state index in [2.05, 4.69) is 10.6 Å². The molecule has 0 saturated carbocycles. The summed E-state index contributed by atoms with van der Waals surface area (Å²) in [4.78, 5) is 23.3. The van der Waals surface area contributed by atoms with E-state index >= 15 is 0 Å². The van der Waals surface area contributed by atoms with Crippen molar-refractivity contribution in [2.75, 3.05) is 24.4 Å². The first kappa shape index (κ1) is 17.3. The summed E-state index contributed by atoms with van der Waals surface area (Å²) >= 11 is 0. The lowest BCUT2D eigenvalue weighted by atomic mass is 10.2. The van der Waals surface area contributed by atoms with Crippen LogP contribution in [0.25, 0.3) is 0 Å². The Morgan fingerprint density at radius 3 is 2.46 bits per heavy atom. The second kappa shape index (κ2) is 8.01. The number of nitrogens with one attached hydrogen (secondary N) is 2. The van der Waals surface area contributed by atoms with Crippen LogP contribution in [0.2, 0.25) is 0 Å². The van der Waals surface area contributed by atoms with E-state index < -0.39 is 0 Å². The van der Waals surface area contributed by atoms with Crippen LogP contribution in [0.5, 0.6) is 11.5 Å². The molecule has 0 unspecified atom stereocenters. The zero-order chi connectivity index (χ0) is 17.5. The number of amides is 2. The number of aryl methyl sites for hydroxylation is 1. The van der Waals surface area contributed by atoms with Gasteiger partial charge in [0.2, 0.25) is 5.91 Å². The van der Waals surface area contributed by atoms with Gasteiger partial charge in [-0.1, -0.05) is 18.2 Å². The van der Waals surface area contributed by atoms with Gasteiger partial charge in [-0.15, -0.1) is 0 Å². The molecule has 0 aliphatic carbocycles. The third-order valence-electron chi connectivity index (χ3n) is 3.19. The Morgan fingerprint density at radius 1 is 1.00 bits per heavy atom. The molecule has 24 heavy (non-hydrogen) atoms. The summed E-state index contributed by atoms with van der Waals surface area (Å²) < 4.78 is 10.7. The molecule has 0 atom stereocenters. The number of methoxy groups -OCH3 is 1. The smallest absolute Gasteiger partial charge is 0.262 e. The van der Waals surface area contributed by atoms with Crippen molar-refractivity contribution >= 4 is 23.2 Å². The Kier molecular flexibility index (Phi) is 5.78. The quantitative estimate of drug-likeness (QED) is 0.855. The summed E-state index contributed by atoms with van der Waals surface area (Å²) in [6.45, 7) is 3.15. The van der Waals surface area contributed by atoms with Crippen LogP contribution in [0.15, 0.2) is 42.5 Å². The number of benzene rings is 2. The third-order valence-corrected chi connectivity index (χ3v) is 3.19. The highest BCUT2D eigenvalue weighted by atomic mass is 16.5. The SMILES string of the molecule is COc1ccc(C)cc1NC(=O)COc1ccccc1NC(C)=O. The summed E-state index contributed by atoms with van der Waals surface area (Å²) in [5.74, 6) is 0.475. The number of hydrogen-bond donors (Lipinski definition) is 2. The van der Waals surface area contributed by atoms with Gasteiger partial charge in [-0.25, -0.2) is 0 Å². The fraction of sp³-hybridized carbons (Fsp3) is 0.222. The number of carbonyl (C=O) groups is 2. The Bertz CT molecular complexity index is 744. The van der Waals surface area contributed by atoms with Gasteiger partial charge in [-0.2, -0.15) is 0 Å². The molecule has 0 heterocycles. The molecule has 2 N–H and O–H groups in total. The molecule has 2 rings (SSSR count). The molecule has 0 spiro atoms. The summed E-state index contributed by atoms with van der Waals surface area (Å²) in [7, 11) is 1.54. The van der Waals surface area contributed by atoms with Crippen LogP contribution in [-0.4, -0.2) is 25.5 Å². The molecule has 0 fully saturated rings. The Balaban J connectivity index is 2.02. The van der Waals surface area contributed by atoms with E-state index in [1.165, 1.54) is 6.92 Å². The fourth-order valence-electron chi connectivity index (χ4n) is 2.13. The van der Waals surface area contributed by atoms with Crippen LogP contribution in [0.4, 0.5) is 11.4 Å². The van der Waals surface area contributed by atoms with Gasteiger partial charge in [0.15, 0.2) is 6.61 Å². The molecule has 0 aliphatic rings. The van der Waals surface area contributed by atoms with Crippen LogP contribution >= 0.6 is 0 Å². The lowest BCUT2D eigenvalue weighted by Crippen LogP contribution is -2.21. The standard InChI is InChI=1S/C18H20N2O4/c1-12-8-9-16(23-3)15(10-12)20-18(22)11-24-17-7-5-4-6-14(17)19-13(2)21/h4-10H,11H2,1-3H3,(H,19,21)(H,20,22). The second-order valence-electron chi connectivity index (χ2n) is 5.22. The first-order valence-electron chi connectivity index (χ1n) is 7.43. The van der Waals surface area contributed by atoms with Crippen molar-refractivity contribution in [1.82, 2.24) is 0 Å². The van der Waals surface area contributed by atoms with Crippen LogP contribution in [0, 0.1) is 6.92 Å². The molecule has 0 aromatic heterocycles.